The summed E-state index contributed by atoms with van der Waals surface area (Å²) in [6, 6.07) is 9.54. The fraction of sp³-hybridized carbons (Fsp3) is 0.710. The monoisotopic (exact) mass is 588 g/mol. The van der Waals surface area contributed by atoms with Gasteiger partial charge in [-0.15, -0.1) is 11.8 Å². The third-order valence-corrected chi connectivity index (χ3v) is 10.6. The van der Waals surface area contributed by atoms with E-state index in [-0.39, 0.29) is 29.7 Å². The first kappa shape index (κ1) is 31.2. The van der Waals surface area contributed by atoms with Gasteiger partial charge in [0.15, 0.2) is 0 Å². The fourth-order valence-electron chi connectivity index (χ4n) is 5.91. The van der Waals surface area contributed by atoms with Crippen LogP contribution >= 0.6 is 23.5 Å². The molecule has 2 aliphatic heterocycles. The molecule has 1 unspecified atom stereocenters. The van der Waals surface area contributed by atoms with Gasteiger partial charge < -0.3 is 15.5 Å². The Kier molecular flexibility index (Phi) is 12.5. The van der Waals surface area contributed by atoms with E-state index in [1.165, 1.54) is 37.7 Å². The standard InChI is InChI=1S/C31H48N4O3S2/c1-23(2)17-29(36)35-22-40-21-28(35)31(38)33-27(20-39-19-25-11-7-4-8-12-25)30(37)32-26-13-15-34(16-14-26)18-24-9-5-3-6-10-24/h3,5-6,9-10,23,25-28H,4,7-8,11-22H2,1-2H3,(H,32,37)(H,33,38)/t27?,28-/m0/s1. The molecule has 222 valence electrons. The van der Waals surface area contributed by atoms with E-state index in [1.54, 1.807) is 28.4 Å². The van der Waals surface area contributed by atoms with Crippen molar-refractivity contribution in [3.8, 4) is 0 Å². The maximum Gasteiger partial charge on any atom is 0.244 e. The lowest BCUT2D eigenvalue weighted by Crippen LogP contribution is -2.56. The number of hydrogen-bond donors (Lipinski definition) is 2. The van der Waals surface area contributed by atoms with Crippen LogP contribution in [0.2, 0.25) is 0 Å². The van der Waals surface area contributed by atoms with Crippen molar-refractivity contribution in [1.29, 1.82) is 0 Å². The minimum atomic E-state index is -0.587. The number of piperidine rings is 1. The number of carbonyl (C=O) groups excluding carboxylic acids is 3. The Morgan fingerprint density at radius 1 is 1.02 bits per heavy atom. The Labute approximate surface area is 249 Å². The summed E-state index contributed by atoms with van der Waals surface area (Å²) in [6.07, 6.45) is 8.72. The molecule has 2 heterocycles. The van der Waals surface area contributed by atoms with Gasteiger partial charge in [-0.05, 0) is 48.8 Å². The van der Waals surface area contributed by atoms with Crippen LogP contribution in [-0.4, -0.2) is 81.9 Å². The van der Waals surface area contributed by atoms with Crippen LogP contribution in [0.4, 0.5) is 0 Å². The molecular weight excluding hydrogens is 541 g/mol. The van der Waals surface area contributed by atoms with Gasteiger partial charge >= 0.3 is 0 Å². The quantitative estimate of drug-likeness (QED) is 0.374. The van der Waals surface area contributed by atoms with Gasteiger partial charge in [0.1, 0.15) is 12.1 Å². The second-order valence-corrected chi connectivity index (χ2v) is 14.2. The zero-order chi connectivity index (χ0) is 28.3. The van der Waals surface area contributed by atoms with Gasteiger partial charge in [-0.3, -0.25) is 19.3 Å². The molecule has 0 radical (unpaired) electrons. The summed E-state index contributed by atoms with van der Waals surface area (Å²) in [5, 5.41) is 6.34. The molecule has 0 aromatic heterocycles. The summed E-state index contributed by atoms with van der Waals surface area (Å²) in [5.74, 6) is 3.43. The molecule has 0 spiro atoms. The molecule has 2 N–H and O–H groups in total. The molecule has 3 amide bonds. The number of rotatable bonds is 12. The molecule has 9 heteroatoms. The van der Waals surface area contributed by atoms with E-state index >= 15 is 0 Å². The number of nitrogens with one attached hydrogen (secondary N) is 2. The van der Waals surface area contributed by atoms with Crippen molar-refractivity contribution in [1.82, 2.24) is 20.4 Å². The summed E-state index contributed by atoms with van der Waals surface area (Å²) < 4.78 is 0. The highest BCUT2D eigenvalue weighted by Crippen LogP contribution is 2.27. The number of benzene rings is 1. The summed E-state index contributed by atoms with van der Waals surface area (Å²) in [4.78, 5) is 43.9. The van der Waals surface area contributed by atoms with Gasteiger partial charge in [-0.1, -0.05) is 63.4 Å². The summed E-state index contributed by atoms with van der Waals surface area (Å²) >= 11 is 3.40. The maximum absolute atomic E-state index is 13.5. The molecule has 0 bridgehead atoms. The average Bonchev–Trinajstić information content (AvgIpc) is 3.45. The molecule has 1 aromatic carbocycles. The Morgan fingerprint density at radius 2 is 1.75 bits per heavy atom. The highest BCUT2D eigenvalue weighted by atomic mass is 32.2. The van der Waals surface area contributed by atoms with Crippen molar-refractivity contribution < 1.29 is 14.4 Å². The number of hydrogen-bond acceptors (Lipinski definition) is 6. The van der Waals surface area contributed by atoms with E-state index in [4.69, 9.17) is 0 Å². The first-order chi connectivity index (χ1) is 19.4. The van der Waals surface area contributed by atoms with Gasteiger partial charge in [0, 0.05) is 43.6 Å². The fourth-order valence-corrected chi connectivity index (χ4v) is 8.36. The van der Waals surface area contributed by atoms with Crippen LogP contribution in [0, 0.1) is 11.8 Å². The predicted molar refractivity (Wildman–Crippen MR) is 166 cm³/mol. The molecule has 3 fully saturated rings. The molecule has 3 aliphatic rings. The highest BCUT2D eigenvalue weighted by molar-refractivity contribution is 7.99. The van der Waals surface area contributed by atoms with Crippen molar-refractivity contribution in [3.63, 3.8) is 0 Å². The summed E-state index contributed by atoms with van der Waals surface area (Å²) in [6.45, 7) is 6.86. The van der Waals surface area contributed by atoms with Gasteiger partial charge in [0.05, 0.1) is 5.88 Å². The van der Waals surface area contributed by atoms with Gasteiger partial charge in [-0.2, -0.15) is 11.8 Å². The minimum absolute atomic E-state index is 0.0232. The zero-order valence-corrected chi connectivity index (χ0v) is 25.9. The topological polar surface area (TPSA) is 81.8 Å². The van der Waals surface area contributed by atoms with Crippen molar-refractivity contribution in [2.24, 2.45) is 11.8 Å². The lowest BCUT2D eigenvalue weighted by molar-refractivity contribution is -0.139. The van der Waals surface area contributed by atoms with Crippen molar-refractivity contribution in [2.45, 2.75) is 89.9 Å². The van der Waals surface area contributed by atoms with Crippen LogP contribution in [0.15, 0.2) is 30.3 Å². The van der Waals surface area contributed by atoms with Gasteiger partial charge in [-0.25, -0.2) is 0 Å². The molecule has 1 saturated carbocycles. The predicted octanol–water partition coefficient (Wildman–Crippen LogP) is 4.51. The van der Waals surface area contributed by atoms with Crippen LogP contribution in [0.5, 0.6) is 0 Å². The number of likely N-dealkylation sites (tertiary alicyclic amines) is 1. The van der Waals surface area contributed by atoms with Crippen LogP contribution in [0.3, 0.4) is 0 Å². The largest absolute Gasteiger partial charge is 0.351 e. The Balaban J connectivity index is 1.31. The summed E-state index contributed by atoms with van der Waals surface area (Å²) in [5.41, 5.74) is 1.31. The van der Waals surface area contributed by atoms with E-state index in [2.05, 4.69) is 39.8 Å². The lowest BCUT2D eigenvalue weighted by atomic mass is 9.91. The van der Waals surface area contributed by atoms with E-state index in [1.807, 2.05) is 19.9 Å². The van der Waals surface area contributed by atoms with Crippen molar-refractivity contribution >= 4 is 41.2 Å². The second kappa shape index (κ2) is 16.1. The molecule has 40 heavy (non-hydrogen) atoms. The first-order valence-electron chi connectivity index (χ1n) is 15.2. The molecule has 7 nitrogen and oxygen atoms in total. The van der Waals surface area contributed by atoms with Crippen LogP contribution in [-0.2, 0) is 20.9 Å². The van der Waals surface area contributed by atoms with E-state index in [9.17, 15) is 14.4 Å². The maximum atomic E-state index is 13.5. The van der Waals surface area contributed by atoms with Gasteiger partial charge in [0.2, 0.25) is 17.7 Å². The second-order valence-electron chi connectivity index (χ2n) is 12.1. The van der Waals surface area contributed by atoms with Gasteiger partial charge in [0.25, 0.3) is 0 Å². The van der Waals surface area contributed by atoms with Crippen LogP contribution in [0.1, 0.15) is 70.8 Å². The Hall–Kier alpha value is -1.71. The van der Waals surface area contributed by atoms with Crippen molar-refractivity contribution in [2.75, 3.05) is 36.2 Å². The zero-order valence-electron chi connectivity index (χ0n) is 24.3. The minimum Gasteiger partial charge on any atom is -0.351 e. The average molecular weight is 589 g/mol. The molecule has 1 aromatic rings. The smallest absolute Gasteiger partial charge is 0.244 e. The number of carbonyl (C=O) groups is 3. The third kappa shape index (κ3) is 9.69. The normalized spacial score (nSPS) is 21.9. The summed E-state index contributed by atoms with van der Waals surface area (Å²) in [7, 11) is 0. The number of nitrogens with zero attached hydrogens (tertiary/aromatic N) is 2. The number of amides is 3. The number of thioether (sulfide) groups is 2. The van der Waals surface area contributed by atoms with Crippen molar-refractivity contribution in [3.05, 3.63) is 35.9 Å². The Bertz CT molecular complexity index is 949. The Morgan fingerprint density at radius 3 is 2.45 bits per heavy atom. The lowest BCUT2D eigenvalue weighted by Gasteiger charge is -2.33. The van der Waals surface area contributed by atoms with Crippen LogP contribution < -0.4 is 10.6 Å². The molecule has 2 atom stereocenters. The van der Waals surface area contributed by atoms with E-state index < -0.39 is 12.1 Å². The molecular formula is C31H48N4O3S2. The molecule has 2 saturated heterocycles. The van der Waals surface area contributed by atoms with Crippen LogP contribution in [0.25, 0.3) is 0 Å². The SMILES string of the molecule is CC(C)CC(=O)N1CSC[C@H]1C(=O)NC(CSCC1CCCCC1)C(=O)NC1CCN(Cc2ccccc2)CC1. The molecule has 4 rings (SSSR count). The molecule has 1 aliphatic carbocycles. The van der Waals surface area contributed by atoms with E-state index in [0.29, 0.717) is 29.7 Å². The third-order valence-electron chi connectivity index (χ3n) is 8.27. The highest BCUT2D eigenvalue weighted by Gasteiger charge is 2.37. The first-order valence-corrected chi connectivity index (χ1v) is 17.5. The van der Waals surface area contributed by atoms with E-state index in [0.717, 1.165) is 38.2 Å².